The third kappa shape index (κ3) is 4.68. The normalized spacial score (nSPS) is 13.2. The molecule has 0 unspecified atom stereocenters. The number of hydrogen-bond donors (Lipinski definition) is 1. The number of hydroxylamine groups is 1. The molecule has 3 aromatic rings. The average Bonchev–Trinajstić information content (AvgIpc) is 2.74. The van der Waals surface area contributed by atoms with Crippen LogP contribution < -0.4 is 15.9 Å². The van der Waals surface area contributed by atoms with Gasteiger partial charge in [-0.2, -0.15) is 5.48 Å². The van der Waals surface area contributed by atoms with Gasteiger partial charge in [-0.05, 0) is 21.0 Å². The predicted molar refractivity (Wildman–Crippen MR) is 123 cm³/mol. The highest BCUT2D eigenvalue weighted by Gasteiger charge is 2.50. The number of rotatable bonds is 8. The van der Waals surface area contributed by atoms with Crippen LogP contribution in [0.2, 0.25) is 5.04 Å². The topological polar surface area (TPSA) is 30.5 Å². The van der Waals surface area contributed by atoms with Crippen LogP contribution in [0.25, 0.3) is 0 Å². The van der Waals surface area contributed by atoms with Crippen LogP contribution in [0.5, 0.6) is 0 Å². The van der Waals surface area contributed by atoms with Crippen molar-refractivity contribution in [2.45, 2.75) is 31.9 Å². The van der Waals surface area contributed by atoms with Crippen LogP contribution in [0.15, 0.2) is 91.0 Å². The lowest BCUT2D eigenvalue weighted by Gasteiger charge is -2.43. The lowest BCUT2D eigenvalue weighted by atomic mass is 10.1. The highest BCUT2D eigenvalue weighted by atomic mass is 28.4. The second-order valence-corrected chi connectivity index (χ2v) is 12.6. The highest BCUT2D eigenvalue weighted by molar-refractivity contribution is 6.99. The first kappa shape index (κ1) is 21.5. The van der Waals surface area contributed by atoms with Gasteiger partial charge in [-0.25, -0.2) is 0 Å². The summed E-state index contributed by atoms with van der Waals surface area (Å²) in [4.78, 5) is 5.31. The van der Waals surface area contributed by atoms with Crippen molar-refractivity contribution in [2.75, 3.05) is 13.7 Å². The van der Waals surface area contributed by atoms with Gasteiger partial charge >= 0.3 is 0 Å². The fraction of sp³-hybridized carbons (Fsp3) is 0.280. The van der Waals surface area contributed by atoms with E-state index in [1.807, 2.05) is 18.2 Å². The molecule has 0 radical (unpaired) electrons. The predicted octanol–water partition coefficient (Wildman–Crippen LogP) is 4.46. The van der Waals surface area contributed by atoms with Crippen LogP contribution in [-0.2, 0) is 9.26 Å². The third-order valence-corrected chi connectivity index (χ3v) is 10.4. The van der Waals surface area contributed by atoms with Crippen molar-refractivity contribution in [3.8, 4) is 0 Å². The Kier molecular flexibility index (Phi) is 7.03. The molecule has 0 bridgehead atoms. The van der Waals surface area contributed by atoms with Crippen molar-refractivity contribution in [2.24, 2.45) is 0 Å². The monoisotopic (exact) mass is 405 g/mol. The molecular formula is C25H31NO2Si. The molecule has 0 saturated heterocycles. The van der Waals surface area contributed by atoms with E-state index in [1.165, 1.54) is 10.4 Å². The molecular weight excluding hydrogens is 374 g/mol. The van der Waals surface area contributed by atoms with Crippen LogP contribution in [0.3, 0.4) is 0 Å². The minimum absolute atomic E-state index is 0.0516. The zero-order valence-electron chi connectivity index (χ0n) is 17.8. The van der Waals surface area contributed by atoms with Gasteiger partial charge in [-0.3, -0.25) is 0 Å². The highest BCUT2D eigenvalue weighted by Crippen LogP contribution is 2.37. The largest absolute Gasteiger partial charge is 0.405 e. The lowest BCUT2D eigenvalue weighted by molar-refractivity contribution is 0.0422. The Balaban J connectivity index is 2.05. The maximum Gasteiger partial charge on any atom is 0.261 e. The molecule has 0 aromatic heterocycles. The van der Waals surface area contributed by atoms with Gasteiger partial charge in [0.2, 0.25) is 0 Å². The molecule has 3 aromatic carbocycles. The molecule has 0 amide bonds. The molecule has 3 rings (SSSR count). The third-order valence-electron chi connectivity index (χ3n) is 5.35. The number of hydrogen-bond acceptors (Lipinski definition) is 3. The summed E-state index contributed by atoms with van der Waals surface area (Å²) >= 11 is 0. The quantitative estimate of drug-likeness (QED) is 0.443. The first-order valence-electron chi connectivity index (χ1n) is 10.1. The van der Waals surface area contributed by atoms with Gasteiger partial charge in [-0.1, -0.05) is 112 Å². The summed E-state index contributed by atoms with van der Waals surface area (Å²) in [5.41, 5.74) is 4.27. The van der Waals surface area contributed by atoms with Gasteiger partial charge in [-0.15, -0.1) is 0 Å². The minimum Gasteiger partial charge on any atom is -0.405 e. The molecule has 0 heterocycles. The molecule has 152 valence electrons. The standard InChI is InChI=1S/C25H31NO2Si/c1-25(2,3)29(22-16-10-6-11-17-22,23-18-12-7-13-19-23)28-20-24(26-27-4)21-14-8-5-9-15-21/h5-19,24,26H,20H2,1-4H3/t24-/m0/s1. The Morgan fingerprint density at radius 2 is 1.21 bits per heavy atom. The first-order chi connectivity index (χ1) is 14.0. The van der Waals surface area contributed by atoms with E-state index in [9.17, 15) is 0 Å². The summed E-state index contributed by atoms with van der Waals surface area (Å²) in [6.07, 6.45) is 0. The van der Waals surface area contributed by atoms with E-state index in [2.05, 4.69) is 99.0 Å². The zero-order chi connectivity index (χ0) is 20.7. The summed E-state index contributed by atoms with van der Waals surface area (Å²) in [7, 11) is -0.918. The van der Waals surface area contributed by atoms with E-state index in [0.29, 0.717) is 6.61 Å². The molecule has 1 atom stereocenters. The Morgan fingerprint density at radius 3 is 1.62 bits per heavy atom. The molecule has 3 nitrogen and oxygen atoms in total. The van der Waals surface area contributed by atoms with Crippen molar-refractivity contribution >= 4 is 18.7 Å². The molecule has 0 aliphatic carbocycles. The van der Waals surface area contributed by atoms with Gasteiger partial charge in [0.25, 0.3) is 8.32 Å². The van der Waals surface area contributed by atoms with Crippen LogP contribution in [0.4, 0.5) is 0 Å². The Hall–Kier alpha value is -2.24. The van der Waals surface area contributed by atoms with Crippen LogP contribution in [0.1, 0.15) is 32.4 Å². The van der Waals surface area contributed by atoms with Crippen LogP contribution in [0, 0.1) is 0 Å². The molecule has 0 spiro atoms. The number of benzene rings is 3. The fourth-order valence-electron chi connectivity index (χ4n) is 4.00. The fourth-order valence-corrected chi connectivity index (χ4v) is 8.57. The van der Waals surface area contributed by atoms with Crippen LogP contribution >= 0.6 is 0 Å². The van der Waals surface area contributed by atoms with E-state index in [0.717, 1.165) is 5.56 Å². The molecule has 29 heavy (non-hydrogen) atoms. The van der Waals surface area contributed by atoms with Crippen molar-refractivity contribution in [1.82, 2.24) is 5.48 Å². The van der Waals surface area contributed by atoms with E-state index in [4.69, 9.17) is 9.26 Å². The van der Waals surface area contributed by atoms with E-state index < -0.39 is 8.32 Å². The molecule has 0 saturated carbocycles. The Labute approximate surface area is 175 Å². The maximum atomic E-state index is 7.03. The second-order valence-electron chi connectivity index (χ2n) is 8.26. The summed E-state index contributed by atoms with van der Waals surface area (Å²) in [5.74, 6) is 0. The van der Waals surface area contributed by atoms with Gasteiger partial charge < -0.3 is 9.26 Å². The van der Waals surface area contributed by atoms with E-state index >= 15 is 0 Å². The summed E-state index contributed by atoms with van der Waals surface area (Å²) in [5, 5.41) is 2.51. The molecule has 0 aliphatic heterocycles. The van der Waals surface area contributed by atoms with Crippen molar-refractivity contribution in [3.05, 3.63) is 96.6 Å². The Bertz CT molecular complexity index is 824. The molecule has 0 fully saturated rings. The lowest BCUT2D eigenvalue weighted by Crippen LogP contribution is -2.67. The minimum atomic E-state index is -2.57. The molecule has 4 heteroatoms. The van der Waals surface area contributed by atoms with E-state index in [-0.39, 0.29) is 11.1 Å². The first-order valence-corrected chi connectivity index (χ1v) is 12.0. The molecule has 0 aliphatic rings. The average molecular weight is 406 g/mol. The SMILES string of the molecule is CON[C@@H](CO[Si](c1ccccc1)(c1ccccc1)C(C)(C)C)c1ccccc1. The zero-order valence-corrected chi connectivity index (χ0v) is 18.8. The van der Waals surface area contributed by atoms with Gasteiger partial charge in [0.15, 0.2) is 0 Å². The summed E-state index contributed by atoms with van der Waals surface area (Å²) in [6, 6.07) is 31.7. The smallest absolute Gasteiger partial charge is 0.261 e. The molecule has 1 N–H and O–H groups in total. The van der Waals surface area contributed by atoms with Gasteiger partial charge in [0.1, 0.15) is 0 Å². The second kappa shape index (κ2) is 9.50. The van der Waals surface area contributed by atoms with Gasteiger partial charge in [0.05, 0.1) is 19.8 Å². The summed E-state index contributed by atoms with van der Waals surface area (Å²) < 4.78 is 7.03. The Morgan fingerprint density at radius 1 is 0.759 bits per heavy atom. The van der Waals surface area contributed by atoms with E-state index in [1.54, 1.807) is 7.11 Å². The van der Waals surface area contributed by atoms with Crippen molar-refractivity contribution in [3.63, 3.8) is 0 Å². The number of nitrogens with one attached hydrogen (secondary N) is 1. The van der Waals surface area contributed by atoms with Crippen molar-refractivity contribution in [1.29, 1.82) is 0 Å². The van der Waals surface area contributed by atoms with Crippen molar-refractivity contribution < 1.29 is 9.26 Å². The summed E-state index contributed by atoms with van der Waals surface area (Å²) in [6.45, 7) is 7.40. The van der Waals surface area contributed by atoms with Gasteiger partial charge in [0, 0.05) is 0 Å². The maximum absolute atomic E-state index is 7.03. The van der Waals surface area contributed by atoms with Crippen LogP contribution in [-0.4, -0.2) is 22.0 Å².